The van der Waals surface area contributed by atoms with Crippen LogP contribution in [0.2, 0.25) is 5.02 Å². The second-order valence-corrected chi connectivity index (χ2v) is 5.98. The molecule has 0 saturated carbocycles. The van der Waals surface area contributed by atoms with Crippen LogP contribution in [0.4, 0.5) is 21.9 Å². The minimum atomic E-state index is -0.360. The quantitative estimate of drug-likeness (QED) is 0.868. The normalized spacial score (nSPS) is 14.1. The van der Waals surface area contributed by atoms with E-state index in [0.29, 0.717) is 35.4 Å². The van der Waals surface area contributed by atoms with Gasteiger partial charge in [0.05, 0.1) is 37.4 Å². The molecule has 2 aromatic carbocycles. The number of rotatable bonds is 4. The van der Waals surface area contributed by atoms with Crippen LogP contribution in [0.5, 0.6) is 5.75 Å². The zero-order valence-electron chi connectivity index (χ0n) is 13.9. The van der Waals surface area contributed by atoms with Crippen LogP contribution in [0.1, 0.15) is 0 Å². The fraction of sp³-hybridized carbons (Fsp3) is 0.278. The van der Waals surface area contributed by atoms with Crippen molar-refractivity contribution in [3.63, 3.8) is 0 Å². The highest BCUT2D eigenvalue weighted by atomic mass is 35.5. The number of nitrogens with zero attached hydrogens (tertiary/aromatic N) is 1. The second kappa shape index (κ2) is 8.09. The Hall–Kier alpha value is -2.44. The number of hydrogen-bond donors (Lipinski definition) is 2. The number of ether oxygens (including phenoxy) is 2. The molecule has 1 saturated heterocycles. The van der Waals surface area contributed by atoms with E-state index in [2.05, 4.69) is 15.5 Å². The van der Waals surface area contributed by atoms with Gasteiger partial charge in [-0.3, -0.25) is 0 Å². The predicted molar refractivity (Wildman–Crippen MR) is 100 cm³/mol. The van der Waals surface area contributed by atoms with Gasteiger partial charge in [0, 0.05) is 18.1 Å². The number of nitrogens with one attached hydrogen (secondary N) is 2. The molecule has 6 nitrogen and oxygen atoms in total. The second-order valence-electron chi connectivity index (χ2n) is 5.54. The van der Waals surface area contributed by atoms with E-state index in [1.165, 1.54) is 0 Å². The topological polar surface area (TPSA) is 62.8 Å². The van der Waals surface area contributed by atoms with E-state index in [9.17, 15) is 4.79 Å². The Bertz CT molecular complexity index is 748. The summed E-state index contributed by atoms with van der Waals surface area (Å²) in [4.78, 5) is 14.6. The lowest BCUT2D eigenvalue weighted by atomic mass is 10.2. The van der Waals surface area contributed by atoms with Gasteiger partial charge in [-0.1, -0.05) is 23.7 Å². The number of para-hydroxylation sites is 2. The average molecular weight is 362 g/mol. The minimum absolute atomic E-state index is 0.360. The molecule has 132 valence electrons. The van der Waals surface area contributed by atoms with Crippen LogP contribution in [0.15, 0.2) is 42.5 Å². The average Bonchev–Trinajstić information content (AvgIpc) is 2.63. The van der Waals surface area contributed by atoms with Crippen LogP contribution < -0.4 is 20.3 Å². The molecule has 2 aromatic rings. The van der Waals surface area contributed by atoms with Crippen LogP contribution in [0.25, 0.3) is 0 Å². The molecule has 3 rings (SSSR count). The van der Waals surface area contributed by atoms with E-state index in [1.54, 1.807) is 25.3 Å². The van der Waals surface area contributed by atoms with Crippen molar-refractivity contribution in [1.29, 1.82) is 0 Å². The third-order valence-corrected chi connectivity index (χ3v) is 4.15. The molecule has 7 heteroatoms. The van der Waals surface area contributed by atoms with Gasteiger partial charge < -0.3 is 25.0 Å². The maximum absolute atomic E-state index is 12.4. The van der Waals surface area contributed by atoms with Gasteiger partial charge in [-0.25, -0.2) is 4.79 Å². The summed E-state index contributed by atoms with van der Waals surface area (Å²) in [5.41, 5.74) is 2.17. The summed E-state index contributed by atoms with van der Waals surface area (Å²) in [5.74, 6) is 0.595. The zero-order valence-corrected chi connectivity index (χ0v) is 14.7. The molecule has 25 heavy (non-hydrogen) atoms. The molecule has 2 amide bonds. The molecule has 0 radical (unpaired) electrons. The first kappa shape index (κ1) is 17.4. The smallest absolute Gasteiger partial charge is 0.323 e. The van der Waals surface area contributed by atoms with E-state index in [-0.39, 0.29) is 6.03 Å². The van der Waals surface area contributed by atoms with Crippen molar-refractivity contribution in [3.05, 3.63) is 47.5 Å². The molecular formula is C18H20ClN3O3. The number of carbonyl (C=O) groups excluding carboxylic acids is 1. The van der Waals surface area contributed by atoms with E-state index in [1.807, 2.05) is 24.3 Å². The van der Waals surface area contributed by atoms with Crippen molar-refractivity contribution in [2.75, 3.05) is 48.9 Å². The Morgan fingerprint density at radius 1 is 1.12 bits per heavy atom. The van der Waals surface area contributed by atoms with Crippen LogP contribution in [0.3, 0.4) is 0 Å². The summed E-state index contributed by atoms with van der Waals surface area (Å²) in [6, 6.07) is 12.3. The number of hydrogen-bond acceptors (Lipinski definition) is 4. The van der Waals surface area contributed by atoms with E-state index in [4.69, 9.17) is 21.1 Å². The van der Waals surface area contributed by atoms with Gasteiger partial charge in [0.2, 0.25) is 0 Å². The molecule has 1 fully saturated rings. The summed E-state index contributed by atoms with van der Waals surface area (Å²) < 4.78 is 10.6. The zero-order chi connectivity index (χ0) is 17.6. The van der Waals surface area contributed by atoms with Crippen LogP contribution in [-0.4, -0.2) is 39.4 Å². The molecule has 1 aliphatic rings. The maximum Gasteiger partial charge on any atom is 0.323 e. The fourth-order valence-electron chi connectivity index (χ4n) is 2.71. The number of carbonyl (C=O) groups is 1. The Morgan fingerprint density at radius 3 is 2.60 bits per heavy atom. The molecule has 2 N–H and O–H groups in total. The summed E-state index contributed by atoms with van der Waals surface area (Å²) in [7, 11) is 1.56. The Morgan fingerprint density at radius 2 is 1.84 bits per heavy atom. The first-order valence-electron chi connectivity index (χ1n) is 8.00. The van der Waals surface area contributed by atoms with Gasteiger partial charge in [-0.15, -0.1) is 0 Å². The number of morpholine rings is 1. The van der Waals surface area contributed by atoms with Gasteiger partial charge in [0.15, 0.2) is 0 Å². The molecule has 1 aliphatic heterocycles. The van der Waals surface area contributed by atoms with Crippen molar-refractivity contribution in [2.24, 2.45) is 0 Å². The standard InChI is InChI=1S/C18H20ClN3O3/c1-24-17-5-3-2-4-14(17)20-18(23)21-15-12-13(19)6-7-16(15)22-8-10-25-11-9-22/h2-7,12H,8-11H2,1H3,(H2,20,21,23). The van der Waals surface area contributed by atoms with Crippen molar-refractivity contribution >= 4 is 34.7 Å². The SMILES string of the molecule is COc1ccccc1NC(=O)Nc1cc(Cl)ccc1N1CCOCC1. The summed E-state index contributed by atoms with van der Waals surface area (Å²) in [6.45, 7) is 2.86. The van der Waals surface area contributed by atoms with Crippen LogP contribution in [0, 0.1) is 0 Å². The Balaban J connectivity index is 1.77. The number of methoxy groups -OCH3 is 1. The monoisotopic (exact) mass is 361 g/mol. The molecule has 0 bridgehead atoms. The molecule has 0 aliphatic carbocycles. The summed E-state index contributed by atoms with van der Waals surface area (Å²) in [6.07, 6.45) is 0. The Kier molecular flexibility index (Phi) is 5.63. The van der Waals surface area contributed by atoms with Gasteiger partial charge in [0.25, 0.3) is 0 Å². The van der Waals surface area contributed by atoms with Crippen LogP contribution >= 0.6 is 11.6 Å². The van der Waals surface area contributed by atoms with Gasteiger partial charge in [-0.05, 0) is 30.3 Å². The fourth-order valence-corrected chi connectivity index (χ4v) is 2.88. The van der Waals surface area contributed by atoms with Gasteiger partial charge in [-0.2, -0.15) is 0 Å². The first-order chi connectivity index (χ1) is 12.2. The van der Waals surface area contributed by atoms with Crippen molar-refractivity contribution in [1.82, 2.24) is 0 Å². The Labute approximate surface area is 151 Å². The highest BCUT2D eigenvalue weighted by Crippen LogP contribution is 2.30. The van der Waals surface area contributed by atoms with E-state index in [0.717, 1.165) is 18.8 Å². The molecule has 0 unspecified atom stereocenters. The lowest BCUT2D eigenvalue weighted by Gasteiger charge is -2.30. The third-order valence-electron chi connectivity index (χ3n) is 3.91. The van der Waals surface area contributed by atoms with Crippen molar-refractivity contribution in [3.8, 4) is 5.75 Å². The van der Waals surface area contributed by atoms with Crippen molar-refractivity contribution < 1.29 is 14.3 Å². The molecule has 0 spiro atoms. The maximum atomic E-state index is 12.4. The third kappa shape index (κ3) is 4.35. The molecule has 0 atom stereocenters. The first-order valence-corrected chi connectivity index (χ1v) is 8.38. The minimum Gasteiger partial charge on any atom is -0.495 e. The molecule has 0 aromatic heterocycles. The molecular weight excluding hydrogens is 342 g/mol. The number of urea groups is 1. The highest BCUT2D eigenvalue weighted by molar-refractivity contribution is 6.31. The number of anilines is 3. The number of halogens is 1. The van der Waals surface area contributed by atoms with Gasteiger partial charge in [0.1, 0.15) is 5.75 Å². The van der Waals surface area contributed by atoms with E-state index >= 15 is 0 Å². The predicted octanol–water partition coefficient (Wildman–Crippen LogP) is 3.83. The van der Waals surface area contributed by atoms with Gasteiger partial charge >= 0.3 is 6.03 Å². The van der Waals surface area contributed by atoms with Crippen LogP contribution in [-0.2, 0) is 4.74 Å². The highest BCUT2D eigenvalue weighted by Gasteiger charge is 2.17. The lowest BCUT2D eigenvalue weighted by molar-refractivity contribution is 0.123. The van der Waals surface area contributed by atoms with E-state index < -0.39 is 0 Å². The number of amides is 2. The summed E-state index contributed by atoms with van der Waals surface area (Å²) in [5, 5.41) is 6.23. The number of benzene rings is 2. The van der Waals surface area contributed by atoms with Crippen molar-refractivity contribution in [2.45, 2.75) is 0 Å². The summed E-state index contributed by atoms with van der Waals surface area (Å²) >= 11 is 6.11. The largest absolute Gasteiger partial charge is 0.495 e. The lowest BCUT2D eigenvalue weighted by Crippen LogP contribution is -2.37. The molecule has 1 heterocycles.